The van der Waals surface area contributed by atoms with E-state index in [1.807, 2.05) is 30.0 Å². The number of esters is 1. The number of halogens is 2. The molecule has 3 aromatic rings. The standard InChI is InChI=1S/C24H24ClFN4O3/c1-3-33-24(32)23-21(15-22(31)30(27-23)20-7-5-4-6-16(20)2)29-12-10-28(11-13-29)17-8-9-19(26)18(25)14-17/h4-9,14-15H,3,10-13H2,1-2H3. The van der Waals surface area contributed by atoms with Crippen molar-refractivity contribution in [1.82, 2.24) is 9.78 Å². The topological polar surface area (TPSA) is 67.7 Å². The minimum Gasteiger partial charge on any atom is -0.461 e. The Bertz CT molecular complexity index is 1240. The summed E-state index contributed by atoms with van der Waals surface area (Å²) in [6, 6.07) is 13.4. The number of para-hydroxylation sites is 1. The first-order valence-corrected chi connectivity index (χ1v) is 11.1. The molecule has 4 rings (SSSR count). The summed E-state index contributed by atoms with van der Waals surface area (Å²) in [5.41, 5.74) is 2.50. The number of benzene rings is 2. The lowest BCUT2D eigenvalue weighted by molar-refractivity contribution is 0.0518. The van der Waals surface area contributed by atoms with Crippen LogP contribution in [0.2, 0.25) is 5.02 Å². The molecule has 0 spiro atoms. The highest BCUT2D eigenvalue weighted by Crippen LogP contribution is 2.26. The van der Waals surface area contributed by atoms with E-state index in [2.05, 4.69) is 10.00 Å². The Labute approximate surface area is 196 Å². The maximum absolute atomic E-state index is 13.5. The first-order chi connectivity index (χ1) is 15.9. The Kier molecular flexibility index (Phi) is 6.65. The summed E-state index contributed by atoms with van der Waals surface area (Å²) in [6.45, 7) is 6.08. The van der Waals surface area contributed by atoms with Gasteiger partial charge in [-0.3, -0.25) is 4.79 Å². The number of hydrogen-bond acceptors (Lipinski definition) is 6. The van der Waals surface area contributed by atoms with Gasteiger partial charge in [0.25, 0.3) is 5.56 Å². The van der Waals surface area contributed by atoms with E-state index in [9.17, 15) is 14.0 Å². The van der Waals surface area contributed by atoms with Crippen molar-refractivity contribution in [2.24, 2.45) is 0 Å². The fourth-order valence-electron chi connectivity index (χ4n) is 3.89. The molecule has 7 nitrogen and oxygen atoms in total. The molecule has 0 aliphatic carbocycles. The van der Waals surface area contributed by atoms with Gasteiger partial charge in [-0.15, -0.1) is 0 Å². The van der Waals surface area contributed by atoms with E-state index in [1.165, 1.54) is 16.8 Å². The number of carbonyl (C=O) groups excluding carboxylic acids is 1. The van der Waals surface area contributed by atoms with E-state index in [0.717, 1.165) is 11.3 Å². The molecule has 1 aromatic heterocycles. The van der Waals surface area contributed by atoms with Gasteiger partial charge in [-0.25, -0.2) is 9.18 Å². The normalized spacial score (nSPS) is 13.8. The van der Waals surface area contributed by atoms with E-state index < -0.39 is 11.8 Å². The van der Waals surface area contributed by atoms with Gasteiger partial charge in [-0.05, 0) is 43.7 Å². The maximum atomic E-state index is 13.5. The number of nitrogens with zero attached hydrogens (tertiary/aromatic N) is 4. The molecule has 0 bridgehead atoms. The second-order valence-corrected chi connectivity index (χ2v) is 8.11. The van der Waals surface area contributed by atoms with Gasteiger partial charge in [0.15, 0.2) is 5.69 Å². The van der Waals surface area contributed by atoms with Crippen LogP contribution in [0.25, 0.3) is 5.69 Å². The third kappa shape index (κ3) is 4.71. The summed E-state index contributed by atoms with van der Waals surface area (Å²) in [4.78, 5) is 29.8. The number of anilines is 2. The van der Waals surface area contributed by atoms with Gasteiger partial charge in [0.2, 0.25) is 0 Å². The molecule has 1 saturated heterocycles. The lowest BCUT2D eigenvalue weighted by Crippen LogP contribution is -2.47. The fraction of sp³-hybridized carbons (Fsp3) is 0.292. The average Bonchev–Trinajstić information content (AvgIpc) is 2.81. The van der Waals surface area contributed by atoms with Crippen LogP contribution in [0.3, 0.4) is 0 Å². The molecule has 2 aromatic carbocycles. The van der Waals surface area contributed by atoms with Crippen LogP contribution < -0.4 is 15.4 Å². The van der Waals surface area contributed by atoms with Gasteiger partial charge < -0.3 is 14.5 Å². The molecule has 0 radical (unpaired) electrons. The van der Waals surface area contributed by atoms with E-state index >= 15 is 0 Å². The summed E-state index contributed by atoms with van der Waals surface area (Å²) in [7, 11) is 0. The third-order valence-electron chi connectivity index (χ3n) is 5.61. The summed E-state index contributed by atoms with van der Waals surface area (Å²) in [6.07, 6.45) is 0. The van der Waals surface area contributed by atoms with Gasteiger partial charge in [0.05, 0.1) is 23.0 Å². The van der Waals surface area contributed by atoms with Crippen LogP contribution in [0.4, 0.5) is 15.8 Å². The smallest absolute Gasteiger partial charge is 0.360 e. The summed E-state index contributed by atoms with van der Waals surface area (Å²) >= 11 is 5.93. The largest absolute Gasteiger partial charge is 0.461 e. The quantitative estimate of drug-likeness (QED) is 0.528. The molecule has 0 saturated carbocycles. The highest BCUT2D eigenvalue weighted by molar-refractivity contribution is 6.31. The lowest BCUT2D eigenvalue weighted by atomic mass is 10.2. The SMILES string of the molecule is CCOC(=O)c1nn(-c2ccccc2C)c(=O)cc1N1CCN(c2ccc(F)c(Cl)c2)CC1. The second kappa shape index (κ2) is 9.62. The van der Waals surface area contributed by atoms with Crippen LogP contribution in [-0.4, -0.2) is 48.5 Å². The number of hydrogen-bond donors (Lipinski definition) is 0. The molecule has 9 heteroatoms. The van der Waals surface area contributed by atoms with Crippen LogP contribution >= 0.6 is 11.6 Å². The monoisotopic (exact) mass is 470 g/mol. The van der Waals surface area contributed by atoms with E-state index in [0.29, 0.717) is 37.6 Å². The zero-order valence-corrected chi connectivity index (χ0v) is 19.2. The van der Waals surface area contributed by atoms with Gasteiger partial charge in [0, 0.05) is 37.9 Å². The zero-order chi connectivity index (χ0) is 23.5. The fourth-order valence-corrected chi connectivity index (χ4v) is 4.07. The third-order valence-corrected chi connectivity index (χ3v) is 5.90. The maximum Gasteiger partial charge on any atom is 0.360 e. The highest BCUT2D eigenvalue weighted by Gasteiger charge is 2.26. The minimum atomic E-state index is -0.581. The molecule has 2 heterocycles. The van der Waals surface area contributed by atoms with Crippen molar-refractivity contribution in [1.29, 1.82) is 0 Å². The van der Waals surface area contributed by atoms with Gasteiger partial charge in [0.1, 0.15) is 5.82 Å². The van der Waals surface area contributed by atoms with Crippen LogP contribution in [0, 0.1) is 12.7 Å². The van der Waals surface area contributed by atoms with Crippen molar-refractivity contribution in [3.8, 4) is 5.69 Å². The van der Waals surface area contributed by atoms with E-state index in [-0.39, 0.29) is 22.9 Å². The van der Waals surface area contributed by atoms with Crippen molar-refractivity contribution >= 4 is 28.9 Å². The molecule has 1 fully saturated rings. The highest BCUT2D eigenvalue weighted by atomic mass is 35.5. The van der Waals surface area contributed by atoms with Crippen molar-refractivity contribution in [3.05, 3.63) is 81.0 Å². The van der Waals surface area contributed by atoms with E-state index in [1.54, 1.807) is 25.1 Å². The first-order valence-electron chi connectivity index (χ1n) is 10.7. The van der Waals surface area contributed by atoms with Crippen LogP contribution in [0.15, 0.2) is 53.3 Å². The van der Waals surface area contributed by atoms with Gasteiger partial charge in [-0.1, -0.05) is 29.8 Å². The number of carbonyl (C=O) groups is 1. The molecule has 0 N–H and O–H groups in total. The van der Waals surface area contributed by atoms with Crippen LogP contribution in [-0.2, 0) is 4.74 Å². The molecule has 1 aliphatic rings. The summed E-state index contributed by atoms with van der Waals surface area (Å²) in [5, 5.41) is 4.48. The Balaban J connectivity index is 1.65. The van der Waals surface area contributed by atoms with Crippen LogP contribution in [0.1, 0.15) is 23.0 Å². The van der Waals surface area contributed by atoms with Crippen molar-refractivity contribution in [2.45, 2.75) is 13.8 Å². The number of piperazine rings is 1. The Morgan fingerprint density at radius 3 is 2.42 bits per heavy atom. The molecule has 172 valence electrons. The predicted molar refractivity (Wildman–Crippen MR) is 126 cm³/mol. The van der Waals surface area contributed by atoms with Crippen molar-refractivity contribution in [2.75, 3.05) is 42.6 Å². The summed E-state index contributed by atoms with van der Waals surface area (Å²) < 4.78 is 20.0. The molecular formula is C24H24ClFN4O3. The Hall–Kier alpha value is -3.39. The molecule has 0 amide bonds. The van der Waals surface area contributed by atoms with Crippen LogP contribution in [0.5, 0.6) is 0 Å². The number of aromatic nitrogens is 2. The average molecular weight is 471 g/mol. The van der Waals surface area contributed by atoms with Gasteiger partial charge in [-0.2, -0.15) is 9.78 Å². The Morgan fingerprint density at radius 2 is 1.76 bits per heavy atom. The lowest BCUT2D eigenvalue weighted by Gasteiger charge is -2.37. The molecule has 0 unspecified atom stereocenters. The van der Waals surface area contributed by atoms with Crippen molar-refractivity contribution < 1.29 is 13.9 Å². The number of rotatable bonds is 5. The second-order valence-electron chi connectivity index (χ2n) is 7.71. The first kappa shape index (κ1) is 22.8. The zero-order valence-electron chi connectivity index (χ0n) is 18.4. The molecular weight excluding hydrogens is 447 g/mol. The molecule has 33 heavy (non-hydrogen) atoms. The Morgan fingerprint density at radius 1 is 1.06 bits per heavy atom. The minimum absolute atomic E-state index is 0.0727. The van der Waals surface area contributed by atoms with Gasteiger partial charge >= 0.3 is 5.97 Å². The number of ether oxygens (including phenoxy) is 1. The van der Waals surface area contributed by atoms with E-state index in [4.69, 9.17) is 16.3 Å². The van der Waals surface area contributed by atoms with Crippen molar-refractivity contribution in [3.63, 3.8) is 0 Å². The molecule has 1 aliphatic heterocycles. The predicted octanol–water partition coefficient (Wildman–Crippen LogP) is 3.84. The molecule has 0 atom stereocenters. The number of aryl methyl sites for hydroxylation is 1. The summed E-state index contributed by atoms with van der Waals surface area (Å²) in [5.74, 6) is -1.04.